The highest BCUT2D eigenvalue weighted by molar-refractivity contribution is 5.14. The van der Waals surface area contributed by atoms with Crippen molar-refractivity contribution in [3.8, 4) is 0 Å². The summed E-state index contributed by atoms with van der Waals surface area (Å²) in [6.45, 7) is 8.32. The molecular formula is C18H30N4O. The maximum Gasteiger partial charge on any atom is 0.153 e. The van der Waals surface area contributed by atoms with Crippen LogP contribution >= 0.6 is 0 Å². The molecule has 5 nitrogen and oxygen atoms in total. The average molecular weight is 318 g/mol. The Morgan fingerprint density at radius 2 is 2.17 bits per heavy atom. The molecule has 23 heavy (non-hydrogen) atoms. The number of hydrogen-bond donors (Lipinski definition) is 1. The lowest BCUT2D eigenvalue weighted by Crippen LogP contribution is -2.67. The molecule has 2 heterocycles. The number of fused-ring (bicyclic) bond motifs is 1. The summed E-state index contributed by atoms with van der Waals surface area (Å²) in [4.78, 5) is 4.85. The van der Waals surface area contributed by atoms with Gasteiger partial charge in [0.15, 0.2) is 5.82 Å². The van der Waals surface area contributed by atoms with Crippen LogP contribution in [0.1, 0.15) is 82.9 Å². The van der Waals surface area contributed by atoms with Gasteiger partial charge in [0.25, 0.3) is 0 Å². The lowest BCUT2D eigenvalue weighted by molar-refractivity contribution is -0.175. The number of nitrogens with zero attached hydrogens (tertiary/aromatic N) is 3. The first kappa shape index (κ1) is 15.6. The molecule has 5 heteroatoms. The van der Waals surface area contributed by atoms with Crippen molar-refractivity contribution in [1.29, 1.82) is 0 Å². The van der Waals surface area contributed by atoms with Crippen molar-refractivity contribution in [3.05, 3.63) is 11.6 Å². The van der Waals surface area contributed by atoms with Crippen molar-refractivity contribution >= 4 is 0 Å². The molecule has 128 valence electrons. The Labute approximate surface area is 139 Å². The molecule has 1 aliphatic heterocycles. The normalized spacial score (nSPS) is 31.7. The summed E-state index contributed by atoms with van der Waals surface area (Å²) in [6, 6.07) is 0.970. The number of hydrogen-bond acceptors (Lipinski definition) is 4. The lowest BCUT2D eigenvalue weighted by atomic mass is 9.51. The van der Waals surface area contributed by atoms with Gasteiger partial charge in [-0.15, -0.1) is 0 Å². The fraction of sp³-hybridized carbons (Fsp3) is 0.889. The topological polar surface area (TPSA) is 52.0 Å². The van der Waals surface area contributed by atoms with Crippen LogP contribution in [0, 0.1) is 5.41 Å². The standard InChI is InChI=1S/C18H30N4O/c1-4-23-15-11-14(18(15)8-6-9-18)19-13-7-5-10-22-17(13)20-16(21-22)12(2)3/h12-15,19H,4-11H2,1-3H3/t13-,14+,15+/m0/s1. The van der Waals surface area contributed by atoms with Crippen molar-refractivity contribution in [2.75, 3.05) is 6.61 Å². The van der Waals surface area contributed by atoms with Gasteiger partial charge in [-0.05, 0) is 39.0 Å². The maximum atomic E-state index is 5.99. The highest BCUT2D eigenvalue weighted by Crippen LogP contribution is 2.57. The van der Waals surface area contributed by atoms with Crippen LogP contribution in [0.15, 0.2) is 0 Å². The van der Waals surface area contributed by atoms with E-state index in [0.717, 1.165) is 31.2 Å². The quantitative estimate of drug-likeness (QED) is 0.906. The molecule has 4 rings (SSSR count). The summed E-state index contributed by atoms with van der Waals surface area (Å²) >= 11 is 0. The summed E-state index contributed by atoms with van der Waals surface area (Å²) < 4.78 is 8.13. The molecule has 3 atom stereocenters. The zero-order chi connectivity index (χ0) is 16.0. The van der Waals surface area contributed by atoms with E-state index in [1.807, 2.05) is 0 Å². The minimum absolute atomic E-state index is 0.369. The number of aryl methyl sites for hydroxylation is 1. The van der Waals surface area contributed by atoms with Gasteiger partial charge < -0.3 is 10.1 Å². The first-order valence-corrected chi connectivity index (χ1v) is 9.46. The molecule has 0 radical (unpaired) electrons. The molecule has 2 fully saturated rings. The van der Waals surface area contributed by atoms with E-state index in [9.17, 15) is 0 Å². The zero-order valence-corrected chi connectivity index (χ0v) is 14.7. The van der Waals surface area contributed by atoms with Crippen LogP contribution in [0.3, 0.4) is 0 Å². The molecular weight excluding hydrogens is 288 g/mol. The third-order valence-corrected chi connectivity index (χ3v) is 6.25. The van der Waals surface area contributed by atoms with Gasteiger partial charge in [0.2, 0.25) is 0 Å². The summed E-state index contributed by atoms with van der Waals surface area (Å²) in [5, 5.41) is 8.65. The van der Waals surface area contributed by atoms with Gasteiger partial charge in [0.05, 0.1) is 12.1 Å². The second-order valence-electron chi connectivity index (χ2n) is 7.89. The molecule has 2 saturated carbocycles. The first-order chi connectivity index (χ1) is 11.1. The molecule has 0 saturated heterocycles. The second-order valence-corrected chi connectivity index (χ2v) is 7.89. The van der Waals surface area contributed by atoms with E-state index >= 15 is 0 Å². The highest BCUT2D eigenvalue weighted by Gasteiger charge is 2.59. The van der Waals surface area contributed by atoms with Gasteiger partial charge in [-0.2, -0.15) is 5.10 Å². The van der Waals surface area contributed by atoms with Gasteiger partial charge in [0, 0.05) is 30.5 Å². The molecule has 2 aliphatic carbocycles. The van der Waals surface area contributed by atoms with E-state index in [1.165, 1.54) is 32.1 Å². The molecule has 1 aromatic heterocycles. The SMILES string of the molecule is CCO[C@@H]1C[C@@H](N[C@H]2CCCn3nc(C(C)C)nc32)C12CCC2. The predicted molar refractivity (Wildman–Crippen MR) is 89.3 cm³/mol. The van der Waals surface area contributed by atoms with Crippen LogP contribution in [-0.4, -0.2) is 33.5 Å². The van der Waals surface area contributed by atoms with Gasteiger partial charge in [-0.25, -0.2) is 9.67 Å². The Bertz CT molecular complexity index is 563. The Morgan fingerprint density at radius 1 is 1.35 bits per heavy atom. The third-order valence-electron chi connectivity index (χ3n) is 6.25. The predicted octanol–water partition coefficient (Wildman–Crippen LogP) is 3.17. The number of nitrogens with one attached hydrogen (secondary N) is 1. The minimum Gasteiger partial charge on any atom is -0.378 e. The third kappa shape index (κ3) is 2.43. The fourth-order valence-corrected chi connectivity index (χ4v) is 4.69. The number of ether oxygens (including phenoxy) is 1. The van der Waals surface area contributed by atoms with E-state index in [4.69, 9.17) is 14.8 Å². The average Bonchev–Trinajstić information content (AvgIpc) is 2.89. The van der Waals surface area contributed by atoms with E-state index in [-0.39, 0.29) is 0 Å². The molecule has 1 N–H and O–H groups in total. The van der Waals surface area contributed by atoms with Crippen LogP contribution in [0.2, 0.25) is 0 Å². The van der Waals surface area contributed by atoms with Crippen molar-refractivity contribution in [1.82, 2.24) is 20.1 Å². The highest BCUT2D eigenvalue weighted by atomic mass is 16.5. The second kappa shape index (κ2) is 5.85. The fourth-order valence-electron chi connectivity index (χ4n) is 4.69. The van der Waals surface area contributed by atoms with Crippen LogP contribution < -0.4 is 5.32 Å². The smallest absolute Gasteiger partial charge is 0.153 e. The molecule has 3 aliphatic rings. The number of rotatable bonds is 5. The molecule has 0 bridgehead atoms. The monoisotopic (exact) mass is 318 g/mol. The van der Waals surface area contributed by atoms with E-state index in [1.54, 1.807) is 0 Å². The Balaban J connectivity index is 1.48. The van der Waals surface area contributed by atoms with Crippen molar-refractivity contribution < 1.29 is 4.74 Å². The summed E-state index contributed by atoms with van der Waals surface area (Å²) in [5.74, 6) is 2.56. The van der Waals surface area contributed by atoms with Crippen molar-refractivity contribution in [2.45, 2.75) is 89.9 Å². The van der Waals surface area contributed by atoms with Gasteiger partial charge in [-0.1, -0.05) is 20.3 Å². The molecule has 1 spiro atoms. The Hall–Kier alpha value is -0.940. The number of aromatic nitrogens is 3. The molecule has 0 aromatic carbocycles. The van der Waals surface area contributed by atoms with E-state index in [2.05, 4.69) is 30.8 Å². The Kier molecular flexibility index (Phi) is 3.96. The van der Waals surface area contributed by atoms with E-state index in [0.29, 0.717) is 29.5 Å². The van der Waals surface area contributed by atoms with Gasteiger partial charge >= 0.3 is 0 Å². The zero-order valence-electron chi connectivity index (χ0n) is 14.7. The van der Waals surface area contributed by atoms with E-state index < -0.39 is 0 Å². The molecule has 0 amide bonds. The molecule has 0 unspecified atom stereocenters. The van der Waals surface area contributed by atoms with Crippen molar-refractivity contribution in [3.63, 3.8) is 0 Å². The largest absolute Gasteiger partial charge is 0.378 e. The summed E-state index contributed by atoms with van der Waals surface area (Å²) in [7, 11) is 0. The molecule has 1 aromatic rings. The van der Waals surface area contributed by atoms with Crippen LogP contribution in [-0.2, 0) is 11.3 Å². The van der Waals surface area contributed by atoms with Crippen molar-refractivity contribution in [2.24, 2.45) is 5.41 Å². The lowest BCUT2D eigenvalue weighted by Gasteiger charge is -2.61. The summed E-state index contributed by atoms with van der Waals surface area (Å²) in [5.41, 5.74) is 0.416. The van der Waals surface area contributed by atoms with Gasteiger partial charge in [-0.3, -0.25) is 0 Å². The summed E-state index contributed by atoms with van der Waals surface area (Å²) in [6.07, 6.45) is 8.03. The first-order valence-electron chi connectivity index (χ1n) is 9.46. The van der Waals surface area contributed by atoms with Crippen LogP contribution in [0.25, 0.3) is 0 Å². The van der Waals surface area contributed by atoms with Crippen LogP contribution in [0.4, 0.5) is 0 Å². The van der Waals surface area contributed by atoms with Gasteiger partial charge in [0.1, 0.15) is 5.82 Å². The maximum absolute atomic E-state index is 5.99. The minimum atomic E-state index is 0.369. The Morgan fingerprint density at radius 3 is 2.83 bits per heavy atom. The van der Waals surface area contributed by atoms with Crippen LogP contribution in [0.5, 0.6) is 0 Å².